The van der Waals surface area contributed by atoms with Crippen molar-refractivity contribution in [2.45, 2.75) is 46.6 Å². The molecule has 0 saturated heterocycles. The molecule has 0 aliphatic heterocycles. The van der Waals surface area contributed by atoms with E-state index in [9.17, 15) is 0 Å². The molecule has 1 unspecified atom stereocenters. The molecule has 0 bridgehead atoms. The van der Waals surface area contributed by atoms with Gasteiger partial charge in [0, 0.05) is 20.2 Å². The maximum atomic E-state index is 5.69. The van der Waals surface area contributed by atoms with Crippen molar-refractivity contribution >= 4 is 0 Å². The second-order valence-corrected chi connectivity index (χ2v) is 5.76. The van der Waals surface area contributed by atoms with Crippen LogP contribution in [0.15, 0.2) is 0 Å². The molecule has 0 heterocycles. The summed E-state index contributed by atoms with van der Waals surface area (Å²) in [5.74, 6) is 1.52. The number of hydrogen-bond acceptors (Lipinski definition) is 3. The molecular formula is C14H32N2O. The molecule has 0 rings (SSSR count). The number of ether oxygens (including phenoxy) is 1. The second-order valence-electron chi connectivity index (χ2n) is 5.76. The van der Waals surface area contributed by atoms with Crippen molar-refractivity contribution in [1.29, 1.82) is 0 Å². The Morgan fingerprint density at radius 3 is 1.76 bits per heavy atom. The molecule has 0 saturated carbocycles. The topological polar surface area (TPSA) is 38.5 Å². The summed E-state index contributed by atoms with van der Waals surface area (Å²) in [6, 6.07) is 0. The Hall–Kier alpha value is -0.120. The van der Waals surface area contributed by atoms with Crippen molar-refractivity contribution in [3.8, 4) is 0 Å². The van der Waals surface area contributed by atoms with Gasteiger partial charge in [0.1, 0.15) is 0 Å². The van der Waals surface area contributed by atoms with E-state index in [0.717, 1.165) is 31.5 Å². The fraction of sp³-hybridized carbons (Fsp3) is 1.00. The van der Waals surface area contributed by atoms with Gasteiger partial charge in [0.15, 0.2) is 0 Å². The highest BCUT2D eigenvalue weighted by Gasteiger charge is 2.13. The van der Waals surface area contributed by atoms with Gasteiger partial charge in [0.25, 0.3) is 0 Å². The van der Waals surface area contributed by atoms with E-state index in [1.165, 1.54) is 12.8 Å². The van der Waals surface area contributed by atoms with E-state index in [-0.39, 0.29) is 6.10 Å². The molecule has 0 aliphatic rings. The molecule has 3 heteroatoms. The van der Waals surface area contributed by atoms with Crippen LogP contribution in [0.2, 0.25) is 0 Å². The van der Waals surface area contributed by atoms with Crippen molar-refractivity contribution in [2.24, 2.45) is 17.6 Å². The van der Waals surface area contributed by atoms with Gasteiger partial charge in [-0.25, -0.2) is 0 Å². The van der Waals surface area contributed by atoms with Crippen molar-refractivity contribution in [1.82, 2.24) is 4.90 Å². The van der Waals surface area contributed by atoms with E-state index in [2.05, 4.69) is 32.6 Å². The summed E-state index contributed by atoms with van der Waals surface area (Å²) in [5.41, 5.74) is 5.69. The van der Waals surface area contributed by atoms with Crippen molar-refractivity contribution in [3.63, 3.8) is 0 Å². The molecule has 0 aromatic rings. The smallest absolute Gasteiger partial charge is 0.0820 e. The van der Waals surface area contributed by atoms with Crippen LogP contribution in [0.3, 0.4) is 0 Å². The third-order valence-corrected chi connectivity index (χ3v) is 3.10. The lowest BCUT2D eigenvalue weighted by molar-refractivity contribution is 0.0666. The summed E-state index contributed by atoms with van der Waals surface area (Å²) in [4.78, 5) is 2.50. The number of nitrogens with two attached hydrogens (primary N) is 1. The first-order valence-electron chi connectivity index (χ1n) is 6.94. The third kappa shape index (κ3) is 9.57. The summed E-state index contributed by atoms with van der Waals surface area (Å²) in [6.07, 6.45) is 2.67. The Morgan fingerprint density at radius 1 is 1.00 bits per heavy atom. The van der Waals surface area contributed by atoms with Crippen LogP contribution in [0.1, 0.15) is 40.5 Å². The second kappa shape index (κ2) is 9.86. The Balaban J connectivity index is 4.08. The zero-order valence-corrected chi connectivity index (χ0v) is 12.4. The highest BCUT2D eigenvalue weighted by Crippen LogP contribution is 2.07. The monoisotopic (exact) mass is 244 g/mol. The van der Waals surface area contributed by atoms with Gasteiger partial charge in [-0.05, 0) is 37.8 Å². The molecule has 0 radical (unpaired) electrons. The molecule has 1 atom stereocenters. The lowest BCUT2D eigenvalue weighted by Gasteiger charge is -2.27. The van der Waals surface area contributed by atoms with Gasteiger partial charge in [-0.3, -0.25) is 0 Å². The standard InChI is InChI=1S/C14H32N2O/c1-12(2)6-8-16(9-7-13(3)4)11-14(10-15)17-5/h12-14H,6-11,15H2,1-5H3. The van der Waals surface area contributed by atoms with Gasteiger partial charge in [-0.2, -0.15) is 0 Å². The van der Waals surface area contributed by atoms with Gasteiger partial charge >= 0.3 is 0 Å². The van der Waals surface area contributed by atoms with E-state index in [1.54, 1.807) is 7.11 Å². The lowest BCUT2D eigenvalue weighted by Crippen LogP contribution is -2.39. The first-order valence-corrected chi connectivity index (χ1v) is 6.94. The van der Waals surface area contributed by atoms with Crippen molar-refractivity contribution in [2.75, 3.05) is 33.3 Å². The molecular weight excluding hydrogens is 212 g/mol. The van der Waals surface area contributed by atoms with E-state index in [4.69, 9.17) is 10.5 Å². The Morgan fingerprint density at radius 2 is 1.47 bits per heavy atom. The van der Waals surface area contributed by atoms with Crippen LogP contribution in [-0.2, 0) is 4.74 Å². The summed E-state index contributed by atoms with van der Waals surface area (Å²) >= 11 is 0. The summed E-state index contributed by atoms with van der Waals surface area (Å²) in [5, 5.41) is 0. The molecule has 0 aromatic carbocycles. The fourth-order valence-corrected chi connectivity index (χ4v) is 1.71. The average Bonchev–Trinajstić information content (AvgIpc) is 2.27. The number of nitrogens with zero attached hydrogens (tertiary/aromatic N) is 1. The molecule has 0 aliphatic carbocycles. The largest absolute Gasteiger partial charge is 0.379 e. The van der Waals surface area contributed by atoms with Gasteiger partial charge in [0.2, 0.25) is 0 Å². The minimum Gasteiger partial charge on any atom is -0.379 e. The molecule has 3 nitrogen and oxygen atoms in total. The molecule has 0 amide bonds. The predicted molar refractivity (Wildman–Crippen MR) is 75.2 cm³/mol. The molecule has 0 fully saturated rings. The van der Waals surface area contributed by atoms with E-state index >= 15 is 0 Å². The lowest BCUT2D eigenvalue weighted by atomic mass is 10.1. The van der Waals surface area contributed by atoms with Crippen LogP contribution in [0.5, 0.6) is 0 Å². The zero-order valence-electron chi connectivity index (χ0n) is 12.4. The summed E-state index contributed by atoms with van der Waals surface area (Å²) in [7, 11) is 1.75. The van der Waals surface area contributed by atoms with Crippen LogP contribution < -0.4 is 5.73 Å². The van der Waals surface area contributed by atoms with Crippen LogP contribution in [-0.4, -0.2) is 44.3 Å². The van der Waals surface area contributed by atoms with Crippen LogP contribution in [0, 0.1) is 11.8 Å². The van der Waals surface area contributed by atoms with E-state index < -0.39 is 0 Å². The Bertz CT molecular complexity index is 156. The van der Waals surface area contributed by atoms with E-state index in [0.29, 0.717) is 6.54 Å². The van der Waals surface area contributed by atoms with E-state index in [1.807, 2.05) is 0 Å². The first-order chi connectivity index (χ1) is 7.99. The first kappa shape index (κ1) is 16.9. The van der Waals surface area contributed by atoms with Crippen LogP contribution in [0.25, 0.3) is 0 Å². The Labute approximate surface area is 108 Å². The van der Waals surface area contributed by atoms with Crippen molar-refractivity contribution in [3.05, 3.63) is 0 Å². The van der Waals surface area contributed by atoms with Crippen molar-refractivity contribution < 1.29 is 4.74 Å². The summed E-state index contributed by atoms with van der Waals surface area (Å²) in [6.45, 7) is 13.0. The quantitative estimate of drug-likeness (QED) is 0.641. The highest BCUT2D eigenvalue weighted by molar-refractivity contribution is 4.68. The SMILES string of the molecule is COC(CN)CN(CCC(C)C)CCC(C)C. The van der Waals surface area contributed by atoms with Gasteiger partial charge in [-0.15, -0.1) is 0 Å². The van der Waals surface area contributed by atoms with Gasteiger partial charge in [-0.1, -0.05) is 27.7 Å². The normalized spacial score (nSPS) is 13.9. The predicted octanol–water partition coefficient (Wildman–Crippen LogP) is 2.35. The Kier molecular flexibility index (Phi) is 9.79. The number of hydrogen-bond donors (Lipinski definition) is 1. The molecule has 0 aromatic heterocycles. The highest BCUT2D eigenvalue weighted by atomic mass is 16.5. The minimum atomic E-state index is 0.175. The third-order valence-electron chi connectivity index (χ3n) is 3.10. The number of rotatable bonds is 10. The van der Waals surface area contributed by atoms with Gasteiger partial charge < -0.3 is 15.4 Å². The molecule has 2 N–H and O–H groups in total. The van der Waals surface area contributed by atoms with Crippen LogP contribution >= 0.6 is 0 Å². The van der Waals surface area contributed by atoms with Gasteiger partial charge in [0.05, 0.1) is 6.10 Å². The maximum absolute atomic E-state index is 5.69. The maximum Gasteiger partial charge on any atom is 0.0820 e. The molecule has 0 spiro atoms. The zero-order chi connectivity index (χ0) is 13.3. The average molecular weight is 244 g/mol. The minimum absolute atomic E-state index is 0.175. The number of methoxy groups -OCH3 is 1. The fourth-order valence-electron chi connectivity index (χ4n) is 1.71. The van der Waals surface area contributed by atoms with Crippen LogP contribution in [0.4, 0.5) is 0 Å². The summed E-state index contributed by atoms with van der Waals surface area (Å²) < 4.78 is 5.38. The molecule has 104 valence electrons. The molecule has 17 heavy (non-hydrogen) atoms.